The lowest BCUT2D eigenvalue weighted by molar-refractivity contribution is -0.359. The molecule has 0 radical (unpaired) electrons. The number of nitrogens with one attached hydrogen (secondary N) is 1. The van der Waals surface area contributed by atoms with Crippen molar-refractivity contribution in [3.8, 4) is 0 Å². The molecular formula is C82H143NO13. The van der Waals surface area contributed by atoms with Gasteiger partial charge in [-0.05, 0) is 83.5 Å². The van der Waals surface area contributed by atoms with Crippen molar-refractivity contribution in [2.24, 2.45) is 0 Å². The number of ether oxygens (including phenoxy) is 4. The van der Waals surface area contributed by atoms with Crippen molar-refractivity contribution in [3.05, 3.63) is 109 Å². The highest BCUT2D eigenvalue weighted by Crippen LogP contribution is 2.30. The Morgan fingerprint density at radius 3 is 1.10 bits per heavy atom. The van der Waals surface area contributed by atoms with Crippen LogP contribution >= 0.6 is 0 Å². The van der Waals surface area contributed by atoms with Crippen molar-refractivity contribution < 1.29 is 64.6 Å². The van der Waals surface area contributed by atoms with E-state index in [0.29, 0.717) is 19.3 Å². The Hall–Kier alpha value is -3.35. The van der Waals surface area contributed by atoms with Crippen LogP contribution in [0.15, 0.2) is 109 Å². The van der Waals surface area contributed by atoms with E-state index in [1.807, 2.05) is 0 Å². The van der Waals surface area contributed by atoms with Crippen LogP contribution in [0.1, 0.15) is 309 Å². The van der Waals surface area contributed by atoms with E-state index in [4.69, 9.17) is 18.9 Å². The zero-order valence-electron chi connectivity index (χ0n) is 60.6. The van der Waals surface area contributed by atoms with Crippen LogP contribution in [0.4, 0.5) is 0 Å². The molecule has 14 heteroatoms. The first-order valence-corrected chi connectivity index (χ1v) is 39.1. The second-order valence-electron chi connectivity index (χ2n) is 27.1. The molecule has 2 rings (SSSR count). The first-order chi connectivity index (χ1) is 47.1. The number of aliphatic hydroxyl groups excluding tert-OH is 8. The summed E-state index contributed by atoms with van der Waals surface area (Å²) in [6.45, 7) is 2.78. The topological polar surface area (TPSA) is 228 Å². The van der Waals surface area contributed by atoms with Crippen LogP contribution in [-0.4, -0.2) is 140 Å². The van der Waals surface area contributed by atoms with Gasteiger partial charge in [-0.15, -0.1) is 0 Å². The zero-order valence-corrected chi connectivity index (χ0v) is 60.6. The number of hydrogen-bond acceptors (Lipinski definition) is 13. The fourth-order valence-corrected chi connectivity index (χ4v) is 12.4. The van der Waals surface area contributed by atoms with Crippen molar-refractivity contribution >= 4 is 5.91 Å². The summed E-state index contributed by atoms with van der Waals surface area (Å²) < 4.78 is 23.0. The summed E-state index contributed by atoms with van der Waals surface area (Å²) in [4.78, 5) is 13.4. The van der Waals surface area contributed by atoms with Gasteiger partial charge in [0.1, 0.15) is 48.8 Å². The Bertz CT molecular complexity index is 2030. The molecule has 0 spiro atoms. The molecule has 2 fully saturated rings. The number of hydrogen-bond donors (Lipinski definition) is 9. The van der Waals surface area contributed by atoms with Gasteiger partial charge in [-0.3, -0.25) is 4.79 Å². The average Bonchev–Trinajstić information content (AvgIpc) is 0.857. The average molecular weight is 1350 g/mol. The summed E-state index contributed by atoms with van der Waals surface area (Å²) in [5.41, 5.74) is 0. The van der Waals surface area contributed by atoms with Gasteiger partial charge < -0.3 is 65.1 Å². The molecule has 0 aliphatic carbocycles. The number of unbranched alkanes of at least 4 members (excludes halogenated alkanes) is 33. The number of carbonyl (C=O) groups is 1. The molecule has 0 saturated carbocycles. The smallest absolute Gasteiger partial charge is 0.220 e. The Morgan fingerprint density at radius 1 is 0.385 bits per heavy atom. The highest BCUT2D eigenvalue weighted by Gasteiger charge is 2.51. The molecule has 2 heterocycles. The van der Waals surface area contributed by atoms with Crippen molar-refractivity contribution in [1.29, 1.82) is 0 Å². The lowest BCUT2D eigenvalue weighted by atomic mass is 9.97. The second-order valence-corrected chi connectivity index (χ2v) is 27.1. The molecule has 1 amide bonds. The van der Waals surface area contributed by atoms with E-state index in [9.17, 15) is 45.6 Å². The molecular weight excluding hydrogens is 1210 g/mol. The predicted octanol–water partition coefficient (Wildman–Crippen LogP) is 17.5. The summed E-state index contributed by atoms with van der Waals surface area (Å²) in [6.07, 6.45) is 76.8. The van der Waals surface area contributed by atoms with E-state index in [1.54, 1.807) is 0 Å². The fourth-order valence-electron chi connectivity index (χ4n) is 12.4. The summed E-state index contributed by atoms with van der Waals surface area (Å²) in [7, 11) is 0. The van der Waals surface area contributed by atoms with E-state index in [0.717, 1.165) is 109 Å². The van der Waals surface area contributed by atoms with Crippen molar-refractivity contribution in [3.63, 3.8) is 0 Å². The van der Waals surface area contributed by atoms with Crippen molar-refractivity contribution in [1.82, 2.24) is 5.32 Å². The van der Waals surface area contributed by atoms with Crippen LogP contribution in [0.25, 0.3) is 0 Å². The predicted molar refractivity (Wildman–Crippen MR) is 396 cm³/mol. The Labute approximate surface area is 585 Å². The quantitative estimate of drug-likeness (QED) is 0.0204. The molecule has 0 aromatic carbocycles. The maximum Gasteiger partial charge on any atom is 0.220 e. The zero-order chi connectivity index (χ0) is 69.4. The first-order valence-electron chi connectivity index (χ1n) is 39.1. The number of aliphatic hydroxyl groups is 8. The molecule has 12 atom stereocenters. The minimum atomic E-state index is -1.79. The number of carbonyl (C=O) groups excluding carboxylic acids is 1. The molecule has 9 N–H and O–H groups in total. The minimum Gasteiger partial charge on any atom is -0.394 e. The lowest BCUT2D eigenvalue weighted by Gasteiger charge is -2.46. The highest BCUT2D eigenvalue weighted by molar-refractivity contribution is 5.76. The van der Waals surface area contributed by atoms with Gasteiger partial charge in [-0.1, -0.05) is 329 Å². The lowest BCUT2D eigenvalue weighted by Crippen LogP contribution is -2.65. The van der Waals surface area contributed by atoms with Gasteiger partial charge in [0.25, 0.3) is 0 Å². The Morgan fingerprint density at radius 2 is 0.719 bits per heavy atom. The van der Waals surface area contributed by atoms with E-state index < -0.39 is 86.8 Å². The normalized spacial score (nSPS) is 22.9. The monoisotopic (exact) mass is 1350 g/mol. The molecule has 14 nitrogen and oxygen atoms in total. The van der Waals surface area contributed by atoms with Crippen molar-refractivity contribution in [2.45, 2.75) is 383 Å². The molecule has 96 heavy (non-hydrogen) atoms. The van der Waals surface area contributed by atoms with Gasteiger partial charge in [0.15, 0.2) is 12.6 Å². The molecule has 12 unspecified atom stereocenters. The third-order valence-corrected chi connectivity index (χ3v) is 18.5. The second kappa shape index (κ2) is 65.0. The number of rotatable bonds is 64. The van der Waals surface area contributed by atoms with Crippen LogP contribution in [-0.2, 0) is 23.7 Å². The van der Waals surface area contributed by atoms with Crippen LogP contribution in [0.2, 0.25) is 0 Å². The molecule has 0 bridgehead atoms. The van der Waals surface area contributed by atoms with Gasteiger partial charge in [0.05, 0.1) is 32.0 Å². The van der Waals surface area contributed by atoms with Gasteiger partial charge in [-0.2, -0.15) is 0 Å². The summed E-state index contributed by atoms with van der Waals surface area (Å²) in [6, 6.07) is -0.841. The van der Waals surface area contributed by atoms with E-state index >= 15 is 0 Å². The van der Waals surface area contributed by atoms with Crippen molar-refractivity contribution in [2.75, 3.05) is 19.8 Å². The van der Waals surface area contributed by atoms with Crippen LogP contribution in [0.5, 0.6) is 0 Å². The SMILES string of the molecule is CC/C=C\C/C=C\C/C=C\C/C=C\C/C=C\C/C=C\C/C=C\C/C=C\C/C=C\CCCCCCCCCCCC(=O)NC(COC1OC(CO)C(OC2OC(CO)C(O)C(O)C2O)C(O)C1O)C(O)CCCCCCCCCCCCCCCCCCCCCCCCCCC. The maximum absolute atomic E-state index is 13.4. The third kappa shape index (κ3) is 47.7. The van der Waals surface area contributed by atoms with E-state index in [1.165, 1.54) is 167 Å². The van der Waals surface area contributed by atoms with Crippen LogP contribution in [0.3, 0.4) is 0 Å². The van der Waals surface area contributed by atoms with Gasteiger partial charge in [0.2, 0.25) is 5.91 Å². The van der Waals surface area contributed by atoms with Gasteiger partial charge >= 0.3 is 0 Å². The number of amides is 1. The number of allylic oxidation sites excluding steroid dienone is 18. The Kier molecular flexibility index (Phi) is 60.1. The summed E-state index contributed by atoms with van der Waals surface area (Å²) in [5, 5.41) is 87.8. The third-order valence-electron chi connectivity index (χ3n) is 18.5. The largest absolute Gasteiger partial charge is 0.394 e. The van der Waals surface area contributed by atoms with Gasteiger partial charge in [-0.25, -0.2) is 0 Å². The van der Waals surface area contributed by atoms with Crippen LogP contribution < -0.4 is 5.32 Å². The molecule has 554 valence electrons. The minimum absolute atomic E-state index is 0.213. The van der Waals surface area contributed by atoms with E-state index in [-0.39, 0.29) is 12.5 Å². The highest BCUT2D eigenvalue weighted by atomic mass is 16.7. The van der Waals surface area contributed by atoms with Gasteiger partial charge in [0, 0.05) is 6.42 Å². The Balaban J connectivity index is 1.63. The molecule has 0 aromatic heterocycles. The summed E-state index contributed by atoms with van der Waals surface area (Å²) >= 11 is 0. The standard InChI is InChI=1S/C82H143NO13/c1-3-5-7-9-11-13-15-17-19-21-23-25-27-29-30-31-32-33-34-35-36-37-38-39-40-42-44-46-48-50-52-54-56-58-60-62-64-66-74(87)83-70(69-93-81-79(92)77(90)80(73(68-85)95-81)96-82-78(91)76(89)75(88)72(67-84)94-82)71(86)65-63-61-59-57-55-53-51-49-47-45-43-41-28-26-24-22-20-18-16-14-12-10-8-6-4-2/h5,7,11,13,17,19,23,25,29-30,32-33,35-36,38-39,42,44,70-73,75-82,84-86,88-92H,3-4,6,8-10,12,14-16,18,20-22,24,26-28,31,34,37,40-41,43,45-69H2,1-2H3,(H,83,87)/b7-5-,13-11-,19-17-,25-23-,30-29-,33-32-,36-35-,39-38-,44-42-. The molecule has 2 saturated heterocycles. The van der Waals surface area contributed by atoms with E-state index in [2.05, 4.69) is 129 Å². The van der Waals surface area contributed by atoms with Crippen LogP contribution in [0, 0.1) is 0 Å². The molecule has 2 aliphatic heterocycles. The molecule has 2 aliphatic rings. The molecule has 0 aromatic rings. The maximum atomic E-state index is 13.4. The first kappa shape index (κ1) is 88.7. The fraction of sp³-hybridized carbons (Fsp3) is 0.768. The summed E-state index contributed by atoms with van der Waals surface area (Å²) in [5.74, 6) is -0.213.